The Morgan fingerprint density at radius 1 is 1.21 bits per heavy atom. The number of anilines is 1. The molecular formula is C16H23FN2. The predicted molar refractivity (Wildman–Crippen MR) is 77.0 cm³/mol. The van der Waals surface area contributed by atoms with Gasteiger partial charge in [0.05, 0.1) is 5.69 Å². The molecule has 2 aliphatic rings. The normalized spacial score (nSPS) is 27.9. The molecule has 0 aromatic heterocycles. The first kappa shape index (κ1) is 12.9. The Hall–Kier alpha value is -1.09. The average molecular weight is 262 g/mol. The Morgan fingerprint density at radius 3 is 2.74 bits per heavy atom. The van der Waals surface area contributed by atoms with Crippen molar-refractivity contribution in [2.45, 2.75) is 38.8 Å². The largest absolute Gasteiger partial charge is 0.363 e. The summed E-state index contributed by atoms with van der Waals surface area (Å²) in [5.41, 5.74) is 0.785. The molecule has 1 aromatic carbocycles. The maximum Gasteiger partial charge on any atom is 0.146 e. The second-order valence-corrected chi connectivity index (χ2v) is 6.21. The van der Waals surface area contributed by atoms with Crippen molar-refractivity contribution in [3.05, 3.63) is 30.1 Å². The predicted octanol–water partition coefficient (Wildman–Crippen LogP) is 3.13. The molecule has 1 aromatic rings. The summed E-state index contributed by atoms with van der Waals surface area (Å²) in [5.74, 6) is 0.459. The highest BCUT2D eigenvalue weighted by Crippen LogP contribution is 2.32. The zero-order valence-electron chi connectivity index (χ0n) is 11.8. The molecule has 2 unspecified atom stereocenters. The highest BCUT2D eigenvalue weighted by molar-refractivity contribution is 5.49. The van der Waals surface area contributed by atoms with Crippen LogP contribution in [0.2, 0.25) is 0 Å². The summed E-state index contributed by atoms with van der Waals surface area (Å²) in [6, 6.07) is 8.26. The summed E-state index contributed by atoms with van der Waals surface area (Å²) in [7, 11) is 0. The summed E-state index contributed by atoms with van der Waals surface area (Å²) in [6.45, 7) is 7.77. The fourth-order valence-electron chi connectivity index (χ4n) is 3.58. The first-order chi connectivity index (χ1) is 9.16. The minimum absolute atomic E-state index is 0.0837. The van der Waals surface area contributed by atoms with Gasteiger partial charge in [0.25, 0.3) is 0 Å². The van der Waals surface area contributed by atoms with Gasteiger partial charge in [-0.15, -0.1) is 0 Å². The van der Waals surface area contributed by atoms with Crippen molar-refractivity contribution in [1.29, 1.82) is 0 Å². The van der Waals surface area contributed by atoms with Gasteiger partial charge >= 0.3 is 0 Å². The summed E-state index contributed by atoms with van der Waals surface area (Å²) in [4.78, 5) is 4.91. The molecule has 2 saturated heterocycles. The molecule has 2 aliphatic heterocycles. The monoisotopic (exact) mass is 262 g/mol. The van der Waals surface area contributed by atoms with Crippen molar-refractivity contribution in [3.8, 4) is 0 Å². The van der Waals surface area contributed by atoms with E-state index in [4.69, 9.17) is 0 Å². The first-order valence-corrected chi connectivity index (χ1v) is 7.42. The van der Waals surface area contributed by atoms with E-state index in [1.807, 2.05) is 12.1 Å². The minimum atomic E-state index is -0.0837. The quantitative estimate of drug-likeness (QED) is 0.808. The van der Waals surface area contributed by atoms with E-state index >= 15 is 0 Å². The molecule has 2 fully saturated rings. The Bertz CT molecular complexity index is 446. The smallest absolute Gasteiger partial charge is 0.146 e. The van der Waals surface area contributed by atoms with Gasteiger partial charge in [0.2, 0.25) is 0 Å². The van der Waals surface area contributed by atoms with Gasteiger partial charge in [-0.05, 0) is 37.4 Å². The van der Waals surface area contributed by atoms with Gasteiger partial charge < -0.3 is 4.90 Å². The van der Waals surface area contributed by atoms with Crippen molar-refractivity contribution < 1.29 is 4.39 Å². The Balaban J connectivity index is 1.90. The number of benzene rings is 1. The number of hydrogen-bond acceptors (Lipinski definition) is 2. The zero-order chi connectivity index (χ0) is 13.4. The molecule has 0 bridgehead atoms. The van der Waals surface area contributed by atoms with E-state index in [0.717, 1.165) is 18.8 Å². The van der Waals surface area contributed by atoms with Crippen LogP contribution in [-0.4, -0.2) is 36.6 Å². The van der Waals surface area contributed by atoms with Crippen LogP contribution in [0.3, 0.4) is 0 Å². The lowest BCUT2D eigenvalue weighted by Gasteiger charge is -2.46. The van der Waals surface area contributed by atoms with E-state index in [-0.39, 0.29) is 5.82 Å². The van der Waals surface area contributed by atoms with Gasteiger partial charge in [-0.25, -0.2) is 4.39 Å². The van der Waals surface area contributed by atoms with E-state index in [0.29, 0.717) is 18.0 Å². The molecule has 19 heavy (non-hydrogen) atoms. The third kappa shape index (κ3) is 2.36. The van der Waals surface area contributed by atoms with Crippen LogP contribution in [0, 0.1) is 11.7 Å². The summed E-state index contributed by atoms with van der Waals surface area (Å²) < 4.78 is 14.1. The second kappa shape index (κ2) is 5.12. The molecule has 2 atom stereocenters. The molecule has 3 heteroatoms. The lowest BCUT2D eigenvalue weighted by Crippen LogP contribution is -2.58. The highest BCUT2D eigenvalue weighted by Gasteiger charge is 2.38. The first-order valence-electron chi connectivity index (χ1n) is 7.42. The molecule has 2 heterocycles. The van der Waals surface area contributed by atoms with E-state index < -0.39 is 0 Å². The van der Waals surface area contributed by atoms with Gasteiger partial charge in [-0.2, -0.15) is 0 Å². The highest BCUT2D eigenvalue weighted by atomic mass is 19.1. The summed E-state index contributed by atoms with van der Waals surface area (Å²) in [5, 5.41) is 0. The van der Waals surface area contributed by atoms with Gasteiger partial charge in [0, 0.05) is 25.2 Å². The van der Waals surface area contributed by atoms with Crippen molar-refractivity contribution in [2.75, 3.05) is 24.5 Å². The SMILES string of the molecule is CC(C)C1CN2CCCC2CN1c1ccccc1F. The van der Waals surface area contributed by atoms with Crippen molar-refractivity contribution in [3.63, 3.8) is 0 Å². The number of hydrogen-bond donors (Lipinski definition) is 0. The molecule has 0 radical (unpaired) electrons. The standard InChI is InChI=1S/C16H23FN2/c1-12(2)16-11-18-9-5-6-13(18)10-19(16)15-8-4-3-7-14(15)17/h3-4,7-8,12-13,16H,5-6,9-11H2,1-2H3. The fraction of sp³-hybridized carbons (Fsp3) is 0.625. The van der Waals surface area contributed by atoms with Crippen LogP contribution in [-0.2, 0) is 0 Å². The van der Waals surface area contributed by atoms with Gasteiger partial charge in [-0.3, -0.25) is 4.90 Å². The van der Waals surface area contributed by atoms with E-state index in [9.17, 15) is 4.39 Å². The van der Waals surface area contributed by atoms with E-state index in [1.165, 1.54) is 19.4 Å². The van der Waals surface area contributed by atoms with Crippen LogP contribution in [0.4, 0.5) is 10.1 Å². The van der Waals surface area contributed by atoms with Crippen LogP contribution >= 0.6 is 0 Å². The number of para-hydroxylation sites is 1. The average Bonchev–Trinajstić information content (AvgIpc) is 2.85. The van der Waals surface area contributed by atoms with Crippen LogP contribution in [0.25, 0.3) is 0 Å². The maximum absolute atomic E-state index is 14.1. The minimum Gasteiger partial charge on any atom is -0.363 e. The second-order valence-electron chi connectivity index (χ2n) is 6.21. The van der Waals surface area contributed by atoms with Crippen LogP contribution in [0.5, 0.6) is 0 Å². The topological polar surface area (TPSA) is 6.48 Å². The van der Waals surface area contributed by atoms with E-state index in [2.05, 4.69) is 23.6 Å². The van der Waals surface area contributed by atoms with E-state index in [1.54, 1.807) is 12.1 Å². The molecule has 0 N–H and O–H groups in total. The number of halogens is 1. The lowest BCUT2D eigenvalue weighted by atomic mass is 9.96. The molecule has 2 nitrogen and oxygen atoms in total. The van der Waals surface area contributed by atoms with Gasteiger partial charge in [-0.1, -0.05) is 26.0 Å². The maximum atomic E-state index is 14.1. The third-order valence-electron chi connectivity index (χ3n) is 4.66. The molecule has 3 rings (SSSR count). The molecule has 0 saturated carbocycles. The third-order valence-corrected chi connectivity index (χ3v) is 4.66. The molecule has 0 amide bonds. The Morgan fingerprint density at radius 2 is 2.00 bits per heavy atom. The molecule has 0 aliphatic carbocycles. The number of rotatable bonds is 2. The zero-order valence-corrected chi connectivity index (χ0v) is 11.8. The molecule has 0 spiro atoms. The number of nitrogens with zero attached hydrogens (tertiary/aromatic N) is 2. The van der Waals surface area contributed by atoms with Gasteiger partial charge in [0.1, 0.15) is 5.82 Å². The van der Waals surface area contributed by atoms with Crippen molar-refractivity contribution >= 4 is 5.69 Å². The Labute approximate surface area is 115 Å². The molecular weight excluding hydrogens is 239 g/mol. The number of piperazine rings is 1. The summed E-state index contributed by atoms with van der Waals surface area (Å²) >= 11 is 0. The van der Waals surface area contributed by atoms with Crippen LogP contribution in [0.1, 0.15) is 26.7 Å². The van der Waals surface area contributed by atoms with Crippen molar-refractivity contribution in [2.24, 2.45) is 5.92 Å². The molecule has 104 valence electrons. The van der Waals surface area contributed by atoms with Crippen LogP contribution < -0.4 is 4.90 Å². The Kier molecular flexibility index (Phi) is 3.48. The number of fused-ring (bicyclic) bond motifs is 1. The summed E-state index contributed by atoms with van der Waals surface area (Å²) in [6.07, 6.45) is 2.55. The van der Waals surface area contributed by atoms with Crippen LogP contribution in [0.15, 0.2) is 24.3 Å². The van der Waals surface area contributed by atoms with Crippen molar-refractivity contribution in [1.82, 2.24) is 4.90 Å². The lowest BCUT2D eigenvalue weighted by molar-refractivity contribution is 0.176. The van der Waals surface area contributed by atoms with Gasteiger partial charge in [0.15, 0.2) is 0 Å². The fourth-order valence-corrected chi connectivity index (χ4v) is 3.58.